The van der Waals surface area contributed by atoms with Gasteiger partial charge in [0.1, 0.15) is 0 Å². The van der Waals surface area contributed by atoms with E-state index in [1.807, 2.05) is 6.92 Å². The summed E-state index contributed by atoms with van der Waals surface area (Å²) >= 11 is 0. The molecule has 5 nitrogen and oxygen atoms in total. The Labute approximate surface area is 122 Å². The maximum Gasteiger partial charge on any atom is 0.240 e. The summed E-state index contributed by atoms with van der Waals surface area (Å²) in [5, 5.41) is 7.59. The van der Waals surface area contributed by atoms with Crippen molar-refractivity contribution in [1.82, 2.24) is 20.4 Å². The van der Waals surface area contributed by atoms with Crippen LogP contribution in [0.3, 0.4) is 0 Å². The molecule has 1 aliphatic heterocycles. The van der Waals surface area contributed by atoms with E-state index < -0.39 is 0 Å². The summed E-state index contributed by atoms with van der Waals surface area (Å²) in [5.74, 6) is 2.04. The van der Waals surface area contributed by atoms with Crippen molar-refractivity contribution < 1.29 is 4.52 Å². The minimum absolute atomic E-state index is 0.255. The molecule has 2 unspecified atom stereocenters. The first kappa shape index (κ1) is 15.4. The van der Waals surface area contributed by atoms with Gasteiger partial charge in [-0.05, 0) is 18.3 Å². The molecule has 0 saturated carbocycles. The number of nitrogens with one attached hydrogen (secondary N) is 1. The average molecular weight is 280 g/mol. The zero-order valence-corrected chi connectivity index (χ0v) is 13.6. The number of nitrogens with zero attached hydrogens (tertiary/aromatic N) is 3. The minimum Gasteiger partial charge on any atom is -0.338 e. The summed E-state index contributed by atoms with van der Waals surface area (Å²) in [5.41, 5.74) is 0.255. The van der Waals surface area contributed by atoms with Crippen LogP contribution in [-0.4, -0.2) is 40.2 Å². The molecule has 1 N–H and O–H groups in total. The highest BCUT2D eigenvalue weighted by molar-refractivity contribution is 4.95. The van der Waals surface area contributed by atoms with Gasteiger partial charge in [0, 0.05) is 25.2 Å². The predicted octanol–water partition coefficient (Wildman–Crippen LogP) is 2.22. The average Bonchev–Trinajstić information content (AvgIpc) is 2.73. The number of piperazine rings is 1. The Hall–Kier alpha value is -0.940. The Bertz CT molecular complexity index is 435. The summed E-state index contributed by atoms with van der Waals surface area (Å²) in [6.07, 6.45) is 0. The fourth-order valence-electron chi connectivity index (χ4n) is 2.82. The number of rotatable bonds is 3. The third kappa shape index (κ3) is 3.58. The zero-order chi connectivity index (χ0) is 14.9. The SMILES string of the molecule is Cc1noc(CN2CC(C(C)(C)C)NCC2C(C)C)n1. The largest absolute Gasteiger partial charge is 0.338 e. The van der Waals surface area contributed by atoms with Crippen LogP contribution < -0.4 is 5.32 Å². The van der Waals surface area contributed by atoms with Gasteiger partial charge in [-0.3, -0.25) is 4.90 Å². The fraction of sp³-hybridized carbons (Fsp3) is 0.867. The molecule has 2 rings (SSSR count). The van der Waals surface area contributed by atoms with Crippen molar-refractivity contribution in [1.29, 1.82) is 0 Å². The number of aromatic nitrogens is 2. The smallest absolute Gasteiger partial charge is 0.240 e. The standard InChI is InChI=1S/C15H28N4O/c1-10(2)12-7-16-13(15(4,5)6)8-19(12)9-14-17-11(3)18-20-14/h10,12-13,16H,7-9H2,1-6H3. The second-order valence-corrected chi connectivity index (χ2v) is 7.30. The Morgan fingerprint density at radius 3 is 2.60 bits per heavy atom. The van der Waals surface area contributed by atoms with Gasteiger partial charge in [-0.1, -0.05) is 39.8 Å². The topological polar surface area (TPSA) is 54.2 Å². The van der Waals surface area contributed by atoms with Gasteiger partial charge >= 0.3 is 0 Å². The lowest BCUT2D eigenvalue weighted by Gasteiger charge is -2.46. The van der Waals surface area contributed by atoms with Crippen molar-refractivity contribution in [2.45, 2.75) is 60.2 Å². The first-order valence-electron chi connectivity index (χ1n) is 7.54. The first-order chi connectivity index (χ1) is 9.27. The van der Waals surface area contributed by atoms with E-state index in [4.69, 9.17) is 4.52 Å². The van der Waals surface area contributed by atoms with Gasteiger partial charge < -0.3 is 9.84 Å². The van der Waals surface area contributed by atoms with Crippen LogP contribution in [-0.2, 0) is 6.54 Å². The monoisotopic (exact) mass is 280 g/mol. The van der Waals surface area contributed by atoms with Crippen molar-refractivity contribution >= 4 is 0 Å². The molecule has 0 aromatic carbocycles. The van der Waals surface area contributed by atoms with Crippen LogP contribution in [0.5, 0.6) is 0 Å². The Morgan fingerprint density at radius 2 is 2.10 bits per heavy atom. The van der Waals surface area contributed by atoms with Gasteiger partial charge in [0.05, 0.1) is 6.54 Å². The first-order valence-corrected chi connectivity index (χ1v) is 7.54. The Morgan fingerprint density at radius 1 is 1.40 bits per heavy atom. The van der Waals surface area contributed by atoms with Crippen LogP contribution in [0.2, 0.25) is 0 Å². The summed E-state index contributed by atoms with van der Waals surface area (Å²) < 4.78 is 5.29. The number of hydrogen-bond acceptors (Lipinski definition) is 5. The lowest BCUT2D eigenvalue weighted by Crippen LogP contribution is -2.61. The van der Waals surface area contributed by atoms with Crippen molar-refractivity contribution in [3.05, 3.63) is 11.7 Å². The highest BCUT2D eigenvalue weighted by Gasteiger charge is 2.35. The molecule has 2 atom stereocenters. The summed E-state index contributed by atoms with van der Waals surface area (Å²) in [6.45, 7) is 16.1. The quantitative estimate of drug-likeness (QED) is 0.920. The second kappa shape index (κ2) is 5.82. The second-order valence-electron chi connectivity index (χ2n) is 7.30. The third-order valence-electron chi connectivity index (χ3n) is 4.18. The van der Waals surface area contributed by atoms with E-state index in [1.165, 1.54) is 0 Å². The maximum atomic E-state index is 5.29. The van der Waals surface area contributed by atoms with E-state index in [1.54, 1.807) is 0 Å². The van der Waals surface area contributed by atoms with E-state index >= 15 is 0 Å². The summed E-state index contributed by atoms with van der Waals surface area (Å²) in [7, 11) is 0. The zero-order valence-electron chi connectivity index (χ0n) is 13.6. The lowest BCUT2D eigenvalue weighted by molar-refractivity contribution is 0.0493. The Balaban J connectivity index is 2.10. The van der Waals surface area contributed by atoms with Crippen LogP contribution in [0.1, 0.15) is 46.3 Å². The molecule has 114 valence electrons. The molecule has 1 aliphatic rings. The normalized spacial score (nSPS) is 25.4. The van der Waals surface area contributed by atoms with Gasteiger partial charge in [-0.25, -0.2) is 0 Å². The highest BCUT2D eigenvalue weighted by atomic mass is 16.5. The van der Waals surface area contributed by atoms with Gasteiger partial charge in [-0.2, -0.15) is 4.98 Å². The lowest BCUT2D eigenvalue weighted by atomic mass is 9.83. The minimum atomic E-state index is 0.255. The van der Waals surface area contributed by atoms with Gasteiger partial charge in [0.2, 0.25) is 5.89 Å². The van der Waals surface area contributed by atoms with Gasteiger partial charge in [-0.15, -0.1) is 0 Å². The van der Waals surface area contributed by atoms with Gasteiger partial charge in [0.15, 0.2) is 5.82 Å². The fourth-order valence-corrected chi connectivity index (χ4v) is 2.82. The molecule has 0 radical (unpaired) electrons. The van der Waals surface area contributed by atoms with E-state index in [0.29, 0.717) is 23.8 Å². The van der Waals surface area contributed by atoms with Crippen LogP contribution in [0, 0.1) is 18.3 Å². The molecule has 2 heterocycles. The van der Waals surface area contributed by atoms with Crippen LogP contribution in [0.15, 0.2) is 4.52 Å². The van der Waals surface area contributed by atoms with Gasteiger partial charge in [0.25, 0.3) is 0 Å². The molecule has 1 saturated heterocycles. The molecule has 0 amide bonds. The molecule has 1 aromatic heterocycles. The molecule has 1 aromatic rings. The summed E-state index contributed by atoms with van der Waals surface area (Å²) in [6, 6.07) is 1.00. The Kier molecular flexibility index (Phi) is 4.49. The molecule has 0 aliphatic carbocycles. The summed E-state index contributed by atoms with van der Waals surface area (Å²) in [4.78, 5) is 6.84. The molecular weight excluding hydrogens is 252 g/mol. The van der Waals surface area contributed by atoms with Crippen molar-refractivity contribution in [3.8, 4) is 0 Å². The molecule has 20 heavy (non-hydrogen) atoms. The molecular formula is C15H28N4O. The van der Waals surface area contributed by atoms with Crippen molar-refractivity contribution in [3.63, 3.8) is 0 Å². The van der Waals surface area contributed by atoms with Crippen LogP contribution >= 0.6 is 0 Å². The predicted molar refractivity (Wildman–Crippen MR) is 79.3 cm³/mol. The van der Waals surface area contributed by atoms with E-state index in [-0.39, 0.29) is 5.41 Å². The molecule has 0 bridgehead atoms. The maximum absolute atomic E-state index is 5.29. The van der Waals surface area contributed by atoms with Crippen LogP contribution in [0.25, 0.3) is 0 Å². The van der Waals surface area contributed by atoms with E-state index in [9.17, 15) is 0 Å². The van der Waals surface area contributed by atoms with E-state index in [2.05, 4.69) is 55.0 Å². The van der Waals surface area contributed by atoms with E-state index in [0.717, 1.165) is 25.5 Å². The molecule has 5 heteroatoms. The molecule has 0 spiro atoms. The third-order valence-corrected chi connectivity index (χ3v) is 4.18. The van der Waals surface area contributed by atoms with Crippen LogP contribution in [0.4, 0.5) is 0 Å². The highest BCUT2D eigenvalue weighted by Crippen LogP contribution is 2.26. The van der Waals surface area contributed by atoms with Crippen molar-refractivity contribution in [2.75, 3.05) is 13.1 Å². The molecule has 1 fully saturated rings. The van der Waals surface area contributed by atoms with Crippen molar-refractivity contribution in [2.24, 2.45) is 11.3 Å². The number of aryl methyl sites for hydroxylation is 1. The number of hydrogen-bond donors (Lipinski definition) is 1.